The number of unbranched alkanes of at least 4 members (excludes halogenated alkanes) is 2. The Morgan fingerprint density at radius 3 is 2.85 bits per heavy atom. The number of hydrogen-bond acceptors (Lipinski definition) is 5. The minimum atomic E-state index is -0.500. The lowest BCUT2D eigenvalue weighted by atomic mass is 9.89. The molecule has 27 heavy (non-hydrogen) atoms. The Labute approximate surface area is 162 Å². The molecule has 0 bridgehead atoms. The molecule has 2 rings (SSSR count). The molecule has 1 aliphatic carbocycles. The summed E-state index contributed by atoms with van der Waals surface area (Å²) in [5, 5.41) is 10.5. The lowest BCUT2D eigenvalue weighted by Crippen LogP contribution is -2.24. The molecule has 0 spiro atoms. The van der Waals surface area contributed by atoms with E-state index in [0.29, 0.717) is 12.8 Å². The molecule has 0 aromatic heterocycles. The van der Waals surface area contributed by atoms with Gasteiger partial charge in [0.05, 0.1) is 6.10 Å². The molecular formula is C22H34O5. The molecule has 1 N–H and O–H groups in total. The SMILES string of the molecule is CCCCCC1C=CC2C(OC(C)=O)CC(O)C2CC=CCCCC(=O)O1. The molecule has 0 radical (unpaired) electrons. The number of cyclic esters (lactones) is 1. The Hall–Kier alpha value is -1.62. The maximum absolute atomic E-state index is 12.1. The standard InChI is InChI=1S/C22H34O5/c1-3-4-7-10-17-13-14-19-18(20(24)15-21(19)26-16(2)23)11-8-5-6-9-12-22(25)27-17/h5,8,13-14,17-21,24H,3-4,6-7,9-12,15H2,1-2H3. The van der Waals surface area contributed by atoms with Crippen LogP contribution in [0.1, 0.15) is 71.6 Å². The maximum atomic E-state index is 12.1. The van der Waals surface area contributed by atoms with Crippen molar-refractivity contribution in [1.82, 2.24) is 0 Å². The number of allylic oxidation sites excluding steroid dienone is 2. The summed E-state index contributed by atoms with van der Waals surface area (Å²) in [6.45, 7) is 3.55. The zero-order valence-corrected chi connectivity index (χ0v) is 16.6. The van der Waals surface area contributed by atoms with Gasteiger partial charge in [0.2, 0.25) is 0 Å². The van der Waals surface area contributed by atoms with E-state index in [-0.39, 0.29) is 36.0 Å². The fraction of sp³-hybridized carbons (Fsp3) is 0.727. The molecule has 0 saturated heterocycles. The van der Waals surface area contributed by atoms with Gasteiger partial charge in [0, 0.05) is 25.7 Å². The van der Waals surface area contributed by atoms with Gasteiger partial charge in [-0.1, -0.05) is 38.0 Å². The van der Waals surface area contributed by atoms with Crippen molar-refractivity contribution in [1.29, 1.82) is 0 Å². The van der Waals surface area contributed by atoms with Crippen molar-refractivity contribution in [2.24, 2.45) is 11.8 Å². The molecule has 1 fully saturated rings. The number of aliphatic hydroxyl groups excluding tert-OH is 1. The number of aliphatic hydroxyl groups is 1. The van der Waals surface area contributed by atoms with Crippen LogP contribution < -0.4 is 0 Å². The van der Waals surface area contributed by atoms with E-state index in [2.05, 4.69) is 19.1 Å². The van der Waals surface area contributed by atoms with Gasteiger partial charge in [0.25, 0.3) is 0 Å². The number of hydrogen-bond donors (Lipinski definition) is 1. The second-order valence-corrected chi connectivity index (χ2v) is 7.70. The van der Waals surface area contributed by atoms with E-state index in [9.17, 15) is 14.7 Å². The first-order chi connectivity index (χ1) is 13.0. The van der Waals surface area contributed by atoms with Crippen molar-refractivity contribution >= 4 is 11.9 Å². The predicted molar refractivity (Wildman–Crippen MR) is 104 cm³/mol. The van der Waals surface area contributed by atoms with Crippen LogP contribution >= 0.6 is 0 Å². The molecule has 1 saturated carbocycles. The highest BCUT2D eigenvalue weighted by Crippen LogP contribution is 2.38. The molecule has 0 amide bonds. The number of fused-ring (bicyclic) bond motifs is 1. The smallest absolute Gasteiger partial charge is 0.306 e. The van der Waals surface area contributed by atoms with Crippen molar-refractivity contribution < 1.29 is 24.2 Å². The topological polar surface area (TPSA) is 72.8 Å². The zero-order chi connectivity index (χ0) is 19.6. The number of carbonyl (C=O) groups excluding carboxylic acids is 2. The first-order valence-electron chi connectivity index (χ1n) is 10.4. The van der Waals surface area contributed by atoms with Gasteiger partial charge in [-0.3, -0.25) is 9.59 Å². The summed E-state index contributed by atoms with van der Waals surface area (Å²) in [7, 11) is 0. The highest BCUT2D eigenvalue weighted by Gasteiger charge is 2.42. The third-order valence-electron chi connectivity index (χ3n) is 5.46. The fourth-order valence-corrected chi connectivity index (χ4v) is 4.03. The van der Waals surface area contributed by atoms with Crippen molar-refractivity contribution in [2.45, 2.75) is 89.9 Å². The highest BCUT2D eigenvalue weighted by atomic mass is 16.5. The molecule has 5 unspecified atom stereocenters. The van der Waals surface area contributed by atoms with Gasteiger partial charge >= 0.3 is 11.9 Å². The number of carbonyl (C=O) groups is 2. The molecule has 152 valence electrons. The monoisotopic (exact) mass is 378 g/mol. The number of ether oxygens (including phenoxy) is 2. The second kappa shape index (κ2) is 11.3. The normalized spacial score (nSPS) is 32.0. The van der Waals surface area contributed by atoms with Gasteiger partial charge in [-0.2, -0.15) is 0 Å². The Morgan fingerprint density at radius 2 is 2.11 bits per heavy atom. The average molecular weight is 379 g/mol. The van der Waals surface area contributed by atoms with Crippen LogP contribution in [0.3, 0.4) is 0 Å². The Kier molecular flexibility index (Phi) is 9.05. The van der Waals surface area contributed by atoms with Gasteiger partial charge in [-0.05, 0) is 44.1 Å². The third-order valence-corrected chi connectivity index (χ3v) is 5.46. The minimum Gasteiger partial charge on any atom is -0.462 e. The summed E-state index contributed by atoms with van der Waals surface area (Å²) in [4.78, 5) is 23.6. The van der Waals surface area contributed by atoms with Crippen LogP contribution in [-0.4, -0.2) is 35.4 Å². The van der Waals surface area contributed by atoms with E-state index in [1.165, 1.54) is 6.92 Å². The Morgan fingerprint density at radius 1 is 1.30 bits per heavy atom. The summed E-state index contributed by atoms with van der Waals surface area (Å²) in [6, 6.07) is 0. The molecule has 1 aliphatic heterocycles. The highest BCUT2D eigenvalue weighted by molar-refractivity contribution is 5.69. The molecule has 5 atom stereocenters. The summed E-state index contributed by atoms with van der Waals surface area (Å²) >= 11 is 0. The molecule has 1 heterocycles. The number of esters is 2. The Balaban J connectivity index is 2.19. The van der Waals surface area contributed by atoms with Crippen LogP contribution in [-0.2, 0) is 19.1 Å². The van der Waals surface area contributed by atoms with Crippen LogP contribution in [0.25, 0.3) is 0 Å². The Bertz CT molecular complexity index is 539. The lowest BCUT2D eigenvalue weighted by molar-refractivity contribution is -0.148. The van der Waals surface area contributed by atoms with E-state index in [1.54, 1.807) is 0 Å². The molecule has 2 aliphatic rings. The van der Waals surface area contributed by atoms with Gasteiger partial charge in [0.15, 0.2) is 0 Å². The first-order valence-corrected chi connectivity index (χ1v) is 10.4. The summed E-state index contributed by atoms with van der Waals surface area (Å²) in [5.41, 5.74) is 0. The molecule has 5 heteroatoms. The van der Waals surface area contributed by atoms with E-state index < -0.39 is 6.10 Å². The molecule has 5 nitrogen and oxygen atoms in total. The summed E-state index contributed by atoms with van der Waals surface area (Å²) < 4.78 is 11.2. The van der Waals surface area contributed by atoms with Crippen molar-refractivity contribution in [3.8, 4) is 0 Å². The van der Waals surface area contributed by atoms with E-state index in [4.69, 9.17) is 9.47 Å². The van der Waals surface area contributed by atoms with Crippen molar-refractivity contribution in [2.75, 3.05) is 0 Å². The second-order valence-electron chi connectivity index (χ2n) is 7.70. The van der Waals surface area contributed by atoms with Gasteiger partial charge in [-0.15, -0.1) is 0 Å². The number of rotatable bonds is 5. The van der Waals surface area contributed by atoms with Crippen LogP contribution in [0.15, 0.2) is 24.3 Å². The largest absolute Gasteiger partial charge is 0.462 e. The fourth-order valence-electron chi connectivity index (χ4n) is 4.03. The molecule has 0 aromatic carbocycles. The maximum Gasteiger partial charge on any atom is 0.306 e. The van der Waals surface area contributed by atoms with E-state index in [0.717, 1.165) is 44.9 Å². The third kappa shape index (κ3) is 7.13. The van der Waals surface area contributed by atoms with Crippen LogP contribution in [0.5, 0.6) is 0 Å². The van der Waals surface area contributed by atoms with E-state index in [1.807, 2.05) is 12.2 Å². The predicted octanol–water partition coefficient (Wildman–Crippen LogP) is 4.09. The zero-order valence-electron chi connectivity index (χ0n) is 16.6. The van der Waals surface area contributed by atoms with Gasteiger partial charge < -0.3 is 14.6 Å². The average Bonchev–Trinajstić information content (AvgIpc) is 2.89. The first kappa shape index (κ1) is 21.7. The van der Waals surface area contributed by atoms with Gasteiger partial charge in [-0.25, -0.2) is 0 Å². The lowest BCUT2D eigenvalue weighted by Gasteiger charge is -2.22. The minimum absolute atomic E-state index is 0.00889. The summed E-state index contributed by atoms with van der Waals surface area (Å²) in [6.07, 6.45) is 14.2. The summed E-state index contributed by atoms with van der Waals surface area (Å²) in [5.74, 6) is -0.546. The molecule has 0 aromatic rings. The molecular weight excluding hydrogens is 344 g/mol. The quantitative estimate of drug-likeness (QED) is 0.443. The van der Waals surface area contributed by atoms with Crippen LogP contribution in [0.2, 0.25) is 0 Å². The van der Waals surface area contributed by atoms with Crippen LogP contribution in [0, 0.1) is 11.8 Å². The van der Waals surface area contributed by atoms with Crippen molar-refractivity contribution in [3.63, 3.8) is 0 Å². The van der Waals surface area contributed by atoms with E-state index >= 15 is 0 Å². The van der Waals surface area contributed by atoms with Gasteiger partial charge in [0.1, 0.15) is 12.2 Å². The van der Waals surface area contributed by atoms with Crippen molar-refractivity contribution in [3.05, 3.63) is 24.3 Å². The van der Waals surface area contributed by atoms with Crippen LogP contribution in [0.4, 0.5) is 0 Å².